The molecule has 9 heteroatoms. The smallest absolute Gasteiger partial charge is 0.231 e. The molecule has 8 nitrogen and oxygen atoms in total. The second-order valence-electron chi connectivity index (χ2n) is 10.1. The number of nitrogens with zero attached hydrogens (tertiary/aromatic N) is 2. The number of fused-ring (bicyclic) bond motifs is 2. The zero-order valence-electron chi connectivity index (χ0n) is 22.8. The lowest BCUT2D eigenvalue weighted by molar-refractivity contribution is -0.116. The van der Waals surface area contributed by atoms with Crippen LogP contribution in [0.4, 0.5) is 5.69 Å². The van der Waals surface area contributed by atoms with Gasteiger partial charge in [0.05, 0.1) is 19.4 Å². The average molecular weight is 563 g/mol. The zero-order chi connectivity index (χ0) is 27.5. The van der Waals surface area contributed by atoms with Crippen LogP contribution in [0, 0.1) is 0 Å². The Hall–Kier alpha value is -3.56. The first-order valence-corrected chi connectivity index (χ1v) is 14.6. The van der Waals surface area contributed by atoms with E-state index in [9.17, 15) is 4.79 Å². The molecule has 3 aliphatic rings. The van der Waals surface area contributed by atoms with E-state index in [0.29, 0.717) is 19.3 Å². The summed E-state index contributed by atoms with van der Waals surface area (Å²) in [5, 5.41) is -0.212. The van der Waals surface area contributed by atoms with Crippen LogP contribution < -0.4 is 28.6 Å². The summed E-state index contributed by atoms with van der Waals surface area (Å²) in [6.45, 7) is 4.85. The Kier molecular flexibility index (Phi) is 7.93. The van der Waals surface area contributed by atoms with Gasteiger partial charge in [-0.25, -0.2) is 0 Å². The van der Waals surface area contributed by atoms with Gasteiger partial charge in [0.2, 0.25) is 12.7 Å². The Balaban J connectivity index is 1.06. The normalized spacial score (nSPS) is 17.2. The van der Waals surface area contributed by atoms with Gasteiger partial charge in [-0.1, -0.05) is 23.9 Å². The SMILES string of the molecule is COc1ccc(OCCCN(CCOc2ccc3c(c2)OCO3)C2CC2)c(C2Sc3ccccc3N2C(C)=O)c1. The molecule has 0 N–H and O–H groups in total. The van der Waals surface area contributed by atoms with Crippen LogP contribution in [0.5, 0.6) is 28.7 Å². The van der Waals surface area contributed by atoms with Gasteiger partial charge in [0.25, 0.3) is 0 Å². The maximum absolute atomic E-state index is 12.7. The number of hydrogen-bond acceptors (Lipinski definition) is 8. The lowest BCUT2D eigenvalue weighted by atomic mass is 10.1. The quantitative estimate of drug-likeness (QED) is 0.253. The van der Waals surface area contributed by atoms with Crippen LogP contribution in [-0.2, 0) is 4.79 Å². The van der Waals surface area contributed by atoms with E-state index in [1.165, 1.54) is 12.8 Å². The van der Waals surface area contributed by atoms with Crippen molar-refractivity contribution in [3.05, 3.63) is 66.2 Å². The minimum absolute atomic E-state index is 0.000683. The second-order valence-corrected chi connectivity index (χ2v) is 11.2. The first-order chi connectivity index (χ1) is 19.6. The van der Waals surface area contributed by atoms with Crippen LogP contribution >= 0.6 is 11.8 Å². The number of methoxy groups -OCH3 is 1. The fraction of sp³-hybridized carbons (Fsp3) is 0.387. The number of carbonyl (C=O) groups is 1. The van der Waals surface area contributed by atoms with Crippen LogP contribution in [0.2, 0.25) is 0 Å². The molecular formula is C31H34N2O6S. The molecule has 1 aliphatic carbocycles. The van der Waals surface area contributed by atoms with Gasteiger partial charge in [-0.05, 0) is 61.7 Å². The molecule has 210 valence electrons. The number of amides is 1. The first kappa shape index (κ1) is 26.7. The Morgan fingerprint density at radius 1 is 0.975 bits per heavy atom. The molecule has 0 saturated heterocycles. The summed E-state index contributed by atoms with van der Waals surface area (Å²) in [5.41, 5.74) is 1.87. The summed E-state index contributed by atoms with van der Waals surface area (Å²) in [5.74, 6) is 3.81. The minimum Gasteiger partial charge on any atom is -0.497 e. The molecule has 1 amide bonds. The van der Waals surface area contributed by atoms with Crippen LogP contribution in [0.1, 0.15) is 37.1 Å². The van der Waals surface area contributed by atoms with Crippen molar-refractivity contribution in [1.82, 2.24) is 4.90 Å². The average Bonchev–Trinajstić information content (AvgIpc) is 3.57. The standard InChI is InChI=1S/C31H34N2O6S/c1-21(34)33-26-6-3-4-7-30(26)40-31(33)25-18-23(35-2)10-12-27(25)37-16-5-14-32(22-8-9-22)15-17-36-24-11-13-28-29(19-24)39-20-38-28/h3-4,6-7,10-13,18-19,22,31H,5,8-9,14-17,20H2,1-2H3. The molecule has 1 atom stereocenters. The van der Waals surface area contributed by atoms with Gasteiger partial charge < -0.3 is 23.7 Å². The van der Waals surface area contributed by atoms with Gasteiger partial charge in [0, 0.05) is 42.6 Å². The molecular weight excluding hydrogens is 528 g/mol. The third kappa shape index (κ3) is 5.81. The highest BCUT2D eigenvalue weighted by atomic mass is 32.2. The van der Waals surface area contributed by atoms with Gasteiger partial charge >= 0.3 is 0 Å². The molecule has 0 spiro atoms. The lowest BCUT2D eigenvalue weighted by Gasteiger charge is -2.26. The minimum atomic E-state index is -0.212. The van der Waals surface area contributed by atoms with Crippen LogP contribution in [-0.4, -0.2) is 57.1 Å². The van der Waals surface area contributed by atoms with E-state index in [2.05, 4.69) is 11.0 Å². The van der Waals surface area contributed by atoms with Crippen molar-refractivity contribution < 1.29 is 28.5 Å². The molecule has 1 unspecified atom stereocenters. The summed E-state index contributed by atoms with van der Waals surface area (Å²) < 4.78 is 28.7. The lowest BCUT2D eigenvalue weighted by Crippen LogP contribution is -2.32. The topological polar surface area (TPSA) is 69.7 Å². The molecule has 1 saturated carbocycles. The number of carbonyl (C=O) groups excluding carboxylic acids is 1. The number of para-hydroxylation sites is 1. The Labute approximate surface area is 239 Å². The highest BCUT2D eigenvalue weighted by Crippen LogP contribution is 2.53. The van der Waals surface area contributed by atoms with E-state index in [1.807, 2.05) is 59.5 Å². The predicted molar refractivity (Wildman–Crippen MR) is 154 cm³/mol. The molecule has 2 heterocycles. The maximum Gasteiger partial charge on any atom is 0.231 e. The molecule has 3 aromatic carbocycles. The number of rotatable bonds is 12. The molecule has 1 fully saturated rings. The van der Waals surface area contributed by atoms with Gasteiger partial charge in [0.1, 0.15) is 29.2 Å². The largest absolute Gasteiger partial charge is 0.497 e. The summed E-state index contributed by atoms with van der Waals surface area (Å²) in [7, 11) is 1.65. The maximum atomic E-state index is 12.7. The second kappa shape index (κ2) is 11.9. The van der Waals surface area contributed by atoms with Crippen LogP contribution in [0.15, 0.2) is 65.6 Å². The molecule has 6 rings (SSSR count). The third-order valence-corrected chi connectivity index (χ3v) is 8.61. The van der Waals surface area contributed by atoms with E-state index < -0.39 is 0 Å². The van der Waals surface area contributed by atoms with E-state index in [1.54, 1.807) is 25.8 Å². The van der Waals surface area contributed by atoms with Crippen molar-refractivity contribution >= 4 is 23.4 Å². The van der Waals surface area contributed by atoms with Crippen molar-refractivity contribution in [2.24, 2.45) is 0 Å². The van der Waals surface area contributed by atoms with Crippen molar-refractivity contribution in [3.8, 4) is 28.7 Å². The van der Waals surface area contributed by atoms with Gasteiger partial charge in [-0.15, -0.1) is 0 Å². The highest BCUT2D eigenvalue weighted by molar-refractivity contribution is 8.00. The summed E-state index contributed by atoms with van der Waals surface area (Å²) >= 11 is 1.66. The number of benzene rings is 3. The molecule has 3 aromatic rings. The number of thioether (sulfide) groups is 1. The molecule has 40 heavy (non-hydrogen) atoms. The Morgan fingerprint density at radius 2 is 1.80 bits per heavy atom. The molecule has 0 aromatic heterocycles. The number of hydrogen-bond donors (Lipinski definition) is 0. The van der Waals surface area contributed by atoms with Gasteiger partial charge in [-0.3, -0.25) is 14.6 Å². The highest BCUT2D eigenvalue weighted by Gasteiger charge is 2.36. The Bertz CT molecular complexity index is 1360. The molecule has 0 bridgehead atoms. The molecule has 2 aliphatic heterocycles. The van der Waals surface area contributed by atoms with Gasteiger partial charge in [0.15, 0.2) is 11.5 Å². The van der Waals surface area contributed by atoms with E-state index in [-0.39, 0.29) is 18.1 Å². The van der Waals surface area contributed by atoms with Crippen molar-refractivity contribution in [1.29, 1.82) is 0 Å². The van der Waals surface area contributed by atoms with Crippen molar-refractivity contribution in [2.45, 2.75) is 42.5 Å². The zero-order valence-corrected chi connectivity index (χ0v) is 23.7. The predicted octanol–water partition coefficient (Wildman–Crippen LogP) is 5.89. The fourth-order valence-electron chi connectivity index (χ4n) is 5.18. The van der Waals surface area contributed by atoms with Crippen LogP contribution in [0.25, 0.3) is 0 Å². The number of ether oxygens (including phenoxy) is 5. The van der Waals surface area contributed by atoms with E-state index >= 15 is 0 Å². The summed E-state index contributed by atoms with van der Waals surface area (Å²) in [4.78, 5) is 18.1. The third-order valence-electron chi connectivity index (χ3n) is 7.32. The molecule has 0 radical (unpaired) electrons. The van der Waals surface area contributed by atoms with Gasteiger partial charge in [-0.2, -0.15) is 0 Å². The summed E-state index contributed by atoms with van der Waals surface area (Å²) in [6.07, 6.45) is 3.35. The Morgan fingerprint density at radius 3 is 2.62 bits per heavy atom. The van der Waals surface area contributed by atoms with Crippen molar-refractivity contribution in [3.63, 3.8) is 0 Å². The fourth-order valence-corrected chi connectivity index (χ4v) is 6.55. The van der Waals surface area contributed by atoms with E-state index in [4.69, 9.17) is 23.7 Å². The van der Waals surface area contributed by atoms with E-state index in [0.717, 1.165) is 64.4 Å². The van der Waals surface area contributed by atoms with Crippen molar-refractivity contribution in [2.75, 3.05) is 45.1 Å². The first-order valence-electron chi connectivity index (χ1n) is 13.7. The number of anilines is 1. The monoisotopic (exact) mass is 562 g/mol. The summed E-state index contributed by atoms with van der Waals surface area (Å²) in [6, 6.07) is 20.2. The van der Waals surface area contributed by atoms with Crippen LogP contribution in [0.3, 0.4) is 0 Å².